The maximum atomic E-state index is 5.33. The van der Waals surface area contributed by atoms with Gasteiger partial charge >= 0.3 is 0 Å². The normalized spacial score (nSPS) is 15.8. The van der Waals surface area contributed by atoms with E-state index in [9.17, 15) is 0 Å². The predicted octanol–water partition coefficient (Wildman–Crippen LogP) is 2.41. The van der Waals surface area contributed by atoms with E-state index in [1.165, 1.54) is 0 Å². The van der Waals surface area contributed by atoms with Crippen LogP contribution in [0, 0.1) is 5.41 Å². The van der Waals surface area contributed by atoms with Gasteiger partial charge in [-0.2, -0.15) is 0 Å². The molecule has 0 unspecified atom stereocenters. The van der Waals surface area contributed by atoms with Crippen LogP contribution >= 0.6 is 24.0 Å². The molecule has 2 rings (SSSR count). The zero-order valence-corrected chi connectivity index (χ0v) is 17.2. The molecule has 0 radical (unpaired) electrons. The molecule has 0 saturated carbocycles. The summed E-state index contributed by atoms with van der Waals surface area (Å²) in [7, 11) is 3.27. The van der Waals surface area contributed by atoms with Crippen LogP contribution in [-0.4, -0.2) is 46.5 Å². The Kier molecular flexibility index (Phi) is 8.61. The van der Waals surface area contributed by atoms with Gasteiger partial charge in [0.05, 0.1) is 34.0 Å². The van der Waals surface area contributed by atoms with Gasteiger partial charge in [0.2, 0.25) is 0 Å². The molecule has 1 aromatic rings. The van der Waals surface area contributed by atoms with E-state index in [0.29, 0.717) is 6.54 Å². The number of aliphatic imine (C=N–C) groups is 1. The van der Waals surface area contributed by atoms with Crippen molar-refractivity contribution in [3.8, 4) is 11.5 Å². The Morgan fingerprint density at radius 1 is 1.21 bits per heavy atom. The summed E-state index contributed by atoms with van der Waals surface area (Å²) in [4.78, 5) is 4.63. The van der Waals surface area contributed by atoms with Crippen molar-refractivity contribution in [1.29, 1.82) is 0 Å². The first-order chi connectivity index (χ1) is 11.1. The van der Waals surface area contributed by atoms with E-state index >= 15 is 0 Å². The van der Waals surface area contributed by atoms with Gasteiger partial charge in [0.1, 0.15) is 0 Å². The maximum Gasteiger partial charge on any atom is 0.191 e. The number of hydrogen-bond acceptors (Lipinski definition) is 4. The van der Waals surface area contributed by atoms with E-state index < -0.39 is 0 Å². The van der Waals surface area contributed by atoms with Gasteiger partial charge in [0.15, 0.2) is 17.5 Å². The number of nitrogens with one attached hydrogen (secondary N) is 2. The van der Waals surface area contributed by atoms with Gasteiger partial charge < -0.3 is 24.8 Å². The molecule has 1 aliphatic rings. The number of halogens is 1. The number of ether oxygens (including phenoxy) is 3. The van der Waals surface area contributed by atoms with Crippen molar-refractivity contribution in [2.45, 2.75) is 20.4 Å². The Bertz CT molecular complexity index is 548. The van der Waals surface area contributed by atoms with Crippen molar-refractivity contribution in [2.75, 3.05) is 40.5 Å². The minimum atomic E-state index is 0. The third-order valence-electron chi connectivity index (χ3n) is 3.80. The van der Waals surface area contributed by atoms with Crippen LogP contribution in [0.15, 0.2) is 23.2 Å². The zero-order chi connectivity index (χ0) is 16.7. The molecule has 1 fully saturated rings. The molecule has 0 aromatic heterocycles. The second kappa shape index (κ2) is 9.93. The second-order valence-electron chi connectivity index (χ2n) is 6.04. The van der Waals surface area contributed by atoms with Crippen molar-refractivity contribution in [2.24, 2.45) is 10.4 Å². The van der Waals surface area contributed by atoms with E-state index in [0.717, 1.165) is 49.3 Å². The lowest BCUT2D eigenvalue weighted by Crippen LogP contribution is -2.51. The summed E-state index contributed by atoms with van der Waals surface area (Å²) in [5, 5.41) is 6.65. The number of guanidine groups is 1. The fourth-order valence-electron chi connectivity index (χ4n) is 2.34. The molecule has 0 amide bonds. The molecule has 24 heavy (non-hydrogen) atoms. The van der Waals surface area contributed by atoms with E-state index in [4.69, 9.17) is 14.2 Å². The average Bonchev–Trinajstić information content (AvgIpc) is 2.55. The smallest absolute Gasteiger partial charge is 0.191 e. The lowest BCUT2D eigenvalue weighted by molar-refractivity contribution is -0.0971. The molecule has 1 aromatic carbocycles. The molecule has 0 aliphatic carbocycles. The summed E-state index contributed by atoms with van der Waals surface area (Å²) in [6, 6.07) is 5.85. The molecule has 7 heteroatoms. The van der Waals surface area contributed by atoms with E-state index in [-0.39, 0.29) is 29.4 Å². The lowest BCUT2D eigenvalue weighted by Gasteiger charge is -2.38. The van der Waals surface area contributed by atoms with E-state index in [1.54, 1.807) is 14.2 Å². The topological polar surface area (TPSA) is 64.1 Å². The van der Waals surface area contributed by atoms with Crippen molar-refractivity contribution in [1.82, 2.24) is 10.6 Å². The minimum Gasteiger partial charge on any atom is -0.493 e. The summed E-state index contributed by atoms with van der Waals surface area (Å²) >= 11 is 0. The van der Waals surface area contributed by atoms with Crippen LogP contribution < -0.4 is 20.1 Å². The molecule has 0 bridgehead atoms. The molecule has 1 saturated heterocycles. The van der Waals surface area contributed by atoms with Crippen LogP contribution in [0.3, 0.4) is 0 Å². The first kappa shape index (κ1) is 20.8. The highest BCUT2D eigenvalue weighted by molar-refractivity contribution is 14.0. The van der Waals surface area contributed by atoms with Gasteiger partial charge in [-0.05, 0) is 24.6 Å². The van der Waals surface area contributed by atoms with Gasteiger partial charge in [-0.1, -0.05) is 13.0 Å². The predicted molar refractivity (Wildman–Crippen MR) is 107 cm³/mol. The molecule has 2 N–H and O–H groups in total. The summed E-state index contributed by atoms with van der Waals surface area (Å²) < 4.78 is 15.9. The van der Waals surface area contributed by atoms with Gasteiger partial charge in [-0.3, -0.25) is 0 Å². The van der Waals surface area contributed by atoms with Crippen molar-refractivity contribution < 1.29 is 14.2 Å². The Balaban J connectivity index is 0.00000288. The standard InChI is InChI=1S/C17H27N3O3.HI/c1-5-18-16(20-10-17(2)11-23-12-17)19-9-13-6-7-14(21-3)15(8-13)22-4;/h6-8H,5,9-12H2,1-4H3,(H2,18,19,20);1H. The molecular formula is C17H28IN3O3. The highest BCUT2D eigenvalue weighted by Gasteiger charge is 2.33. The van der Waals surface area contributed by atoms with E-state index in [1.807, 2.05) is 18.2 Å². The van der Waals surface area contributed by atoms with Gasteiger partial charge in [-0.25, -0.2) is 4.99 Å². The molecule has 1 heterocycles. The third kappa shape index (κ3) is 5.70. The van der Waals surface area contributed by atoms with E-state index in [2.05, 4.69) is 29.5 Å². The average molecular weight is 449 g/mol. The summed E-state index contributed by atoms with van der Waals surface area (Å²) in [5.74, 6) is 2.26. The molecule has 1 aliphatic heterocycles. The van der Waals surface area contributed by atoms with Gasteiger partial charge in [-0.15, -0.1) is 24.0 Å². The SMILES string of the molecule is CCNC(=NCc1ccc(OC)c(OC)c1)NCC1(C)COC1.I. The number of methoxy groups -OCH3 is 2. The van der Waals surface area contributed by atoms with Gasteiger partial charge in [0, 0.05) is 18.5 Å². The highest BCUT2D eigenvalue weighted by Crippen LogP contribution is 2.28. The molecule has 0 atom stereocenters. The van der Waals surface area contributed by atoms with Crippen LogP contribution in [0.2, 0.25) is 0 Å². The Morgan fingerprint density at radius 3 is 2.46 bits per heavy atom. The zero-order valence-electron chi connectivity index (χ0n) is 14.8. The van der Waals surface area contributed by atoms with Crippen LogP contribution in [0.25, 0.3) is 0 Å². The van der Waals surface area contributed by atoms with Crippen LogP contribution in [0.5, 0.6) is 11.5 Å². The Hall–Kier alpha value is -1.22. The molecular weight excluding hydrogens is 421 g/mol. The van der Waals surface area contributed by atoms with Crippen LogP contribution in [0.1, 0.15) is 19.4 Å². The Labute approximate surface area is 161 Å². The number of hydrogen-bond donors (Lipinski definition) is 2. The van der Waals surface area contributed by atoms with Gasteiger partial charge in [0.25, 0.3) is 0 Å². The third-order valence-corrected chi connectivity index (χ3v) is 3.80. The highest BCUT2D eigenvalue weighted by atomic mass is 127. The fraction of sp³-hybridized carbons (Fsp3) is 0.588. The lowest BCUT2D eigenvalue weighted by atomic mass is 9.89. The number of rotatable bonds is 7. The fourth-order valence-corrected chi connectivity index (χ4v) is 2.34. The van der Waals surface area contributed by atoms with Crippen molar-refractivity contribution in [3.63, 3.8) is 0 Å². The summed E-state index contributed by atoms with van der Waals surface area (Å²) in [5.41, 5.74) is 1.28. The quantitative estimate of drug-likeness (QED) is 0.381. The number of benzene rings is 1. The second-order valence-corrected chi connectivity index (χ2v) is 6.04. The van der Waals surface area contributed by atoms with Crippen molar-refractivity contribution in [3.05, 3.63) is 23.8 Å². The monoisotopic (exact) mass is 449 g/mol. The minimum absolute atomic E-state index is 0. The number of nitrogens with zero attached hydrogens (tertiary/aromatic N) is 1. The van der Waals surface area contributed by atoms with Crippen LogP contribution in [0.4, 0.5) is 0 Å². The molecule has 6 nitrogen and oxygen atoms in total. The first-order valence-electron chi connectivity index (χ1n) is 7.91. The maximum absolute atomic E-state index is 5.33. The first-order valence-corrected chi connectivity index (χ1v) is 7.91. The Morgan fingerprint density at radius 2 is 1.92 bits per heavy atom. The molecule has 136 valence electrons. The largest absolute Gasteiger partial charge is 0.493 e. The molecule has 0 spiro atoms. The van der Waals surface area contributed by atoms with Crippen molar-refractivity contribution >= 4 is 29.9 Å². The summed E-state index contributed by atoms with van der Waals surface area (Å²) in [6.07, 6.45) is 0. The van der Waals surface area contributed by atoms with Crippen LogP contribution in [-0.2, 0) is 11.3 Å². The summed E-state index contributed by atoms with van der Waals surface area (Å²) in [6.45, 7) is 8.12.